The number of rotatable bonds is 5. The van der Waals surface area contributed by atoms with E-state index in [2.05, 4.69) is 31.4 Å². The predicted molar refractivity (Wildman–Crippen MR) is 118 cm³/mol. The van der Waals surface area contributed by atoms with Crippen LogP contribution in [0.4, 0.5) is 17.2 Å². The van der Waals surface area contributed by atoms with Gasteiger partial charge in [0.25, 0.3) is 0 Å². The summed E-state index contributed by atoms with van der Waals surface area (Å²) < 4.78 is 0. The molecule has 2 heterocycles. The number of aromatic nitrogens is 2. The Bertz CT molecular complexity index is 1100. The first kappa shape index (κ1) is 19.8. The SMILES string of the molecule is C#Cc1cccc(Nc2ncnc3ccc(NC(=O)CN4CCC(O)CC4)cc23)c1. The number of amides is 1. The van der Waals surface area contributed by atoms with Crippen LogP contribution in [0.2, 0.25) is 0 Å². The standard InChI is InChI=1S/C23H23N5O2/c1-2-16-4-3-5-17(12-16)27-23-20-13-18(6-7-21(20)24-15-25-23)26-22(30)14-28-10-8-19(29)9-11-28/h1,3-7,12-13,15,19,29H,8-11,14H2,(H,26,30)(H,24,25,27). The number of aliphatic hydroxyl groups excluding tert-OH is 1. The molecule has 3 aromatic rings. The molecule has 3 N–H and O–H groups in total. The molecular formula is C23H23N5O2. The third-order valence-corrected chi connectivity index (χ3v) is 5.14. The Morgan fingerprint density at radius 1 is 1.17 bits per heavy atom. The molecule has 0 spiro atoms. The van der Waals surface area contributed by atoms with Gasteiger partial charge in [-0.3, -0.25) is 9.69 Å². The summed E-state index contributed by atoms with van der Waals surface area (Å²) in [4.78, 5) is 23.2. The van der Waals surface area contributed by atoms with Gasteiger partial charge in [-0.1, -0.05) is 12.0 Å². The number of anilines is 3. The summed E-state index contributed by atoms with van der Waals surface area (Å²) in [6.07, 6.45) is 8.14. The molecule has 30 heavy (non-hydrogen) atoms. The normalized spacial score (nSPS) is 14.9. The Morgan fingerprint density at radius 3 is 2.80 bits per heavy atom. The van der Waals surface area contributed by atoms with E-state index in [1.54, 1.807) is 0 Å². The van der Waals surface area contributed by atoms with Crippen LogP contribution >= 0.6 is 0 Å². The molecule has 1 saturated heterocycles. The maximum atomic E-state index is 12.5. The van der Waals surface area contributed by atoms with Gasteiger partial charge in [0, 0.05) is 35.4 Å². The van der Waals surface area contributed by atoms with Gasteiger partial charge in [0.05, 0.1) is 18.2 Å². The van der Waals surface area contributed by atoms with Crippen LogP contribution in [0.5, 0.6) is 0 Å². The average Bonchev–Trinajstić information content (AvgIpc) is 2.76. The molecule has 2 aromatic carbocycles. The summed E-state index contributed by atoms with van der Waals surface area (Å²) in [5, 5.41) is 16.6. The van der Waals surface area contributed by atoms with Crippen LogP contribution in [0.3, 0.4) is 0 Å². The van der Waals surface area contributed by atoms with E-state index < -0.39 is 0 Å². The van der Waals surface area contributed by atoms with Crippen molar-refractivity contribution in [3.63, 3.8) is 0 Å². The number of aliphatic hydroxyl groups is 1. The fourth-order valence-corrected chi connectivity index (χ4v) is 3.54. The molecule has 0 radical (unpaired) electrons. The summed E-state index contributed by atoms with van der Waals surface area (Å²) in [5.41, 5.74) is 3.05. The first-order valence-electron chi connectivity index (χ1n) is 9.89. The number of hydrogen-bond acceptors (Lipinski definition) is 6. The Kier molecular flexibility index (Phi) is 5.89. The molecule has 1 amide bonds. The fourth-order valence-electron chi connectivity index (χ4n) is 3.54. The second-order valence-electron chi connectivity index (χ2n) is 7.36. The maximum Gasteiger partial charge on any atom is 0.238 e. The molecule has 7 nitrogen and oxygen atoms in total. The lowest BCUT2D eigenvalue weighted by molar-refractivity contribution is -0.117. The van der Waals surface area contributed by atoms with E-state index in [1.807, 2.05) is 42.5 Å². The summed E-state index contributed by atoms with van der Waals surface area (Å²) >= 11 is 0. The second kappa shape index (κ2) is 8.91. The van der Waals surface area contributed by atoms with Gasteiger partial charge in [-0.25, -0.2) is 9.97 Å². The zero-order chi connectivity index (χ0) is 20.9. The number of carbonyl (C=O) groups excluding carboxylic acids is 1. The van der Waals surface area contributed by atoms with Crippen LogP contribution in [0.15, 0.2) is 48.8 Å². The second-order valence-corrected chi connectivity index (χ2v) is 7.36. The number of fused-ring (bicyclic) bond motifs is 1. The summed E-state index contributed by atoms with van der Waals surface area (Å²) in [5.74, 6) is 3.17. The van der Waals surface area contributed by atoms with Crippen molar-refractivity contribution >= 4 is 34.0 Å². The molecule has 7 heteroatoms. The first-order valence-corrected chi connectivity index (χ1v) is 9.89. The fraction of sp³-hybridized carbons (Fsp3) is 0.261. The van der Waals surface area contributed by atoms with Crippen LogP contribution in [-0.4, -0.2) is 51.6 Å². The molecule has 0 bridgehead atoms. The molecule has 0 unspecified atom stereocenters. The van der Waals surface area contributed by atoms with Crippen molar-refractivity contribution in [1.82, 2.24) is 14.9 Å². The minimum Gasteiger partial charge on any atom is -0.393 e. The number of benzene rings is 2. The van der Waals surface area contributed by atoms with Gasteiger partial charge in [-0.05, 0) is 49.2 Å². The lowest BCUT2D eigenvalue weighted by Crippen LogP contribution is -2.40. The van der Waals surface area contributed by atoms with Gasteiger partial charge < -0.3 is 15.7 Å². The number of carbonyl (C=O) groups is 1. The van der Waals surface area contributed by atoms with Crippen LogP contribution in [0, 0.1) is 12.3 Å². The smallest absolute Gasteiger partial charge is 0.238 e. The molecule has 1 aliphatic rings. The van der Waals surface area contributed by atoms with Gasteiger partial charge >= 0.3 is 0 Å². The molecule has 152 valence electrons. The van der Waals surface area contributed by atoms with Crippen LogP contribution in [0.25, 0.3) is 10.9 Å². The quantitative estimate of drug-likeness (QED) is 0.570. The lowest BCUT2D eigenvalue weighted by atomic mass is 10.1. The largest absolute Gasteiger partial charge is 0.393 e. The molecule has 1 aliphatic heterocycles. The van der Waals surface area contributed by atoms with E-state index in [4.69, 9.17) is 6.42 Å². The Balaban J connectivity index is 1.51. The number of nitrogens with one attached hydrogen (secondary N) is 2. The van der Waals surface area contributed by atoms with E-state index in [1.165, 1.54) is 6.33 Å². The van der Waals surface area contributed by atoms with Crippen molar-refractivity contribution < 1.29 is 9.90 Å². The molecule has 1 fully saturated rings. The summed E-state index contributed by atoms with van der Waals surface area (Å²) in [6.45, 7) is 1.76. The van der Waals surface area contributed by atoms with E-state index >= 15 is 0 Å². The highest BCUT2D eigenvalue weighted by atomic mass is 16.3. The first-order chi connectivity index (χ1) is 14.6. The van der Waals surface area contributed by atoms with Gasteiger partial charge in [-0.15, -0.1) is 6.42 Å². The van der Waals surface area contributed by atoms with Gasteiger partial charge in [-0.2, -0.15) is 0 Å². The monoisotopic (exact) mass is 401 g/mol. The van der Waals surface area contributed by atoms with Crippen molar-refractivity contribution in [2.24, 2.45) is 0 Å². The average molecular weight is 401 g/mol. The summed E-state index contributed by atoms with van der Waals surface area (Å²) in [6, 6.07) is 13.1. The Hall–Kier alpha value is -3.47. The number of piperidine rings is 1. The summed E-state index contributed by atoms with van der Waals surface area (Å²) in [7, 11) is 0. The topological polar surface area (TPSA) is 90.4 Å². The molecule has 4 rings (SSSR count). The number of terminal acetylenes is 1. The number of nitrogens with zero attached hydrogens (tertiary/aromatic N) is 3. The molecular weight excluding hydrogens is 378 g/mol. The van der Waals surface area contributed by atoms with E-state index in [-0.39, 0.29) is 12.0 Å². The van der Waals surface area contributed by atoms with Crippen molar-refractivity contribution in [3.05, 3.63) is 54.4 Å². The number of likely N-dealkylation sites (tertiary alicyclic amines) is 1. The van der Waals surface area contributed by atoms with Crippen molar-refractivity contribution in [2.75, 3.05) is 30.3 Å². The predicted octanol–water partition coefficient (Wildman–Crippen LogP) is 2.75. The van der Waals surface area contributed by atoms with Gasteiger partial charge in [0.15, 0.2) is 0 Å². The van der Waals surface area contributed by atoms with Gasteiger partial charge in [0.2, 0.25) is 5.91 Å². The molecule has 0 saturated carbocycles. The van der Waals surface area contributed by atoms with E-state index in [0.717, 1.165) is 35.2 Å². The van der Waals surface area contributed by atoms with Crippen LogP contribution in [0.1, 0.15) is 18.4 Å². The highest BCUT2D eigenvalue weighted by Crippen LogP contribution is 2.26. The van der Waals surface area contributed by atoms with Crippen molar-refractivity contribution in [1.29, 1.82) is 0 Å². The van der Waals surface area contributed by atoms with Crippen LogP contribution < -0.4 is 10.6 Å². The minimum atomic E-state index is -0.253. The van der Waals surface area contributed by atoms with Gasteiger partial charge in [0.1, 0.15) is 12.1 Å². The third-order valence-electron chi connectivity index (χ3n) is 5.14. The molecule has 0 aliphatic carbocycles. The highest BCUT2D eigenvalue weighted by molar-refractivity contribution is 5.97. The van der Waals surface area contributed by atoms with E-state index in [9.17, 15) is 9.90 Å². The third kappa shape index (κ3) is 4.74. The van der Waals surface area contributed by atoms with Crippen molar-refractivity contribution in [2.45, 2.75) is 18.9 Å². The van der Waals surface area contributed by atoms with Crippen LogP contribution in [-0.2, 0) is 4.79 Å². The maximum absolute atomic E-state index is 12.5. The molecule has 0 atom stereocenters. The highest BCUT2D eigenvalue weighted by Gasteiger charge is 2.19. The van der Waals surface area contributed by atoms with Crippen molar-refractivity contribution in [3.8, 4) is 12.3 Å². The zero-order valence-electron chi connectivity index (χ0n) is 16.5. The number of hydrogen-bond donors (Lipinski definition) is 3. The Morgan fingerprint density at radius 2 is 2.00 bits per heavy atom. The Labute approximate surface area is 175 Å². The molecule has 1 aromatic heterocycles. The zero-order valence-corrected chi connectivity index (χ0v) is 16.5. The lowest BCUT2D eigenvalue weighted by Gasteiger charge is -2.28. The minimum absolute atomic E-state index is 0.0844. The van der Waals surface area contributed by atoms with E-state index in [0.29, 0.717) is 30.9 Å².